The van der Waals surface area contributed by atoms with Gasteiger partial charge in [-0.2, -0.15) is 0 Å². The minimum absolute atomic E-state index is 0.283. The highest BCUT2D eigenvalue weighted by Gasteiger charge is 2.31. The number of allylic oxidation sites excluding steroid dienone is 1. The summed E-state index contributed by atoms with van der Waals surface area (Å²) in [5.41, 5.74) is 8.06. The molecule has 0 amide bonds. The van der Waals surface area contributed by atoms with Crippen LogP contribution in [-0.4, -0.2) is 6.04 Å². The Bertz CT molecular complexity index is 235. The fourth-order valence-electron chi connectivity index (χ4n) is 2.89. The Morgan fingerprint density at radius 2 is 1.62 bits per heavy atom. The lowest BCUT2D eigenvalue weighted by molar-refractivity contribution is 0.145. The molecule has 0 aromatic rings. The summed E-state index contributed by atoms with van der Waals surface area (Å²) in [7, 11) is 0. The molecule has 0 aromatic heterocycles. The molecule has 0 aromatic carbocycles. The Morgan fingerprint density at radius 3 is 2.00 bits per heavy atom. The van der Waals surface area contributed by atoms with Gasteiger partial charge in [-0.25, -0.2) is 0 Å². The standard InChI is InChI=1S/C15H29N/c1-11(2)10-14(16)12-6-8-13(9-7-12)15(3,4)5/h10,12-14H,6-9,16H2,1-5H3. The molecule has 1 rings (SSSR count). The van der Waals surface area contributed by atoms with Crippen LogP contribution in [-0.2, 0) is 0 Å². The first-order chi connectivity index (χ1) is 7.30. The van der Waals surface area contributed by atoms with Gasteiger partial charge in [0.05, 0.1) is 0 Å². The van der Waals surface area contributed by atoms with Gasteiger partial charge in [-0.3, -0.25) is 0 Å². The third-order valence-corrected chi connectivity index (χ3v) is 4.07. The normalized spacial score (nSPS) is 28.6. The van der Waals surface area contributed by atoms with Crippen LogP contribution in [0.4, 0.5) is 0 Å². The van der Waals surface area contributed by atoms with Crippen molar-refractivity contribution < 1.29 is 0 Å². The topological polar surface area (TPSA) is 26.0 Å². The molecule has 2 N–H and O–H groups in total. The Labute approximate surface area is 101 Å². The molecule has 1 heteroatoms. The van der Waals surface area contributed by atoms with Crippen molar-refractivity contribution in [3.63, 3.8) is 0 Å². The Hall–Kier alpha value is -0.300. The van der Waals surface area contributed by atoms with Crippen molar-refractivity contribution in [3.05, 3.63) is 11.6 Å². The molecule has 1 aliphatic carbocycles. The van der Waals surface area contributed by atoms with Crippen LogP contribution in [0.5, 0.6) is 0 Å². The van der Waals surface area contributed by atoms with E-state index in [9.17, 15) is 0 Å². The Morgan fingerprint density at radius 1 is 1.12 bits per heavy atom. The molecule has 1 unspecified atom stereocenters. The monoisotopic (exact) mass is 223 g/mol. The molecule has 0 bridgehead atoms. The van der Waals surface area contributed by atoms with Crippen LogP contribution < -0.4 is 5.73 Å². The maximum atomic E-state index is 6.23. The van der Waals surface area contributed by atoms with E-state index in [-0.39, 0.29) is 6.04 Å². The number of nitrogens with two attached hydrogens (primary N) is 1. The largest absolute Gasteiger partial charge is 0.324 e. The average molecular weight is 223 g/mol. The Balaban J connectivity index is 2.46. The predicted molar refractivity (Wildman–Crippen MR) is 72.3 cm³/mol. The summed E-state index contributed by atoms with van der Waals surface area (Å²) in [6.45, 7) is 11.4. The summed E-state index contributed by atoms with van der Waals surface area (Å²) in [5.74, 6) is 1.61. The van der Waals surface area contributed by atoms with Gasteiger partial charge in [0, 0.05) is 6.04 Å². The lowest BCUT2D eigenvalue weighted by atomic mass is 9.68. The molecule has 16 heavy (non-hydrogen) atoms. The van der Waals surface area contributed by atoms with Crippen molar-refractivity contribution >= 4 is 0 Å². The van der Waals surface area contributed by atoms with E-state index in [1.807, 2.05) is 0 Å². The highest BCUT2D eigenvalue weighted by atomic mass is 14.6. The van der Waals surface area contributed by atoms with Crippen molar-refractivity contribution in [1.29, 1.82) is 0 Å². The van der Waals surface area contributed by atoms with Gasteiger partial charge in [-0.1, -0.05) is 32.4 Å². The van der Waals surface area contributed by atoms with Crippen molar-refractivity contribution in [1.82, 2.24) is 0 Å². The van der Waals surface area contributed by atoms with E-state index in [4.69, 9.17) is 5.73 Å². The van der Waals surface area contributed by atoms with Gasteiger partial charge in [0.2, 0.25) is 0 Å². The van der Waals surface area contributed by atoms with E-state index in [1.165, 1.54) is 31.3 Å². The molecule has 0 spiro atoms. The van der Waals surface area contributed by atoms with Crippen LogP contribution in [0.1, 0.15) is 60.3 Å². The van der Waals surface area contributed by atoms with Crippen LogP contribution in [0.15, 0.2) is 11.6 Å². The maximum Gasteiger partial charge on any atom is 0.0254 e. The van der Waals surface area contributed by atoms with Crippen LogP contribution in [0.25, 0.3) is 0 Å². The summed E-state index contributed by atoms with van der Waals surface area (Å²) in [6.07, 6.45) is 7.58. The van der Waals surface area contributed by atoms with Crippen LogP contribution in [0.3, 0.4) is 0 Å². The second kappa shape index (κ2) is 5.35. The number of rotatable bonds is 2. The summed E-state index contributed by atoms with van der Waals surface area (Å²) < 4.78 is 0. The lowest BCUT2D eigenvalue weighted by Crippen LogP contribution is -2.34. The fourth-order valence-corrected chi connectivity index (χ4v) is 2.89. The van der Waals surface area contributed by atoms with Crippen LogP contribution >= 0.6 is 0 Å². The van der Waals surface area contributed by atoms with E-state index < -0.39 is 0 Å². The van der Waals surface area contributed by atoms with Gasteiger partial charge < -0.3 is 5.73 Å². The third kappa shape index (κ3) is 3.93. The first-order valence-corrected chi connectivity index (χ1v) is 6.71. The Kier molecular flexibility index (Phi) is 4.61. The van der Waals surface area contributed by atoms with E-state index in [0.717, 1.165) is 5.92 Å². The predicted octanol–water partition coefficient (Wildman–Crippen LogP) is 4.13. The zero-order valence-corrected chi connectivity index (χ0v) is 11.7. The summed E-state index contributed by atoms with van der Waals surface area (Å²) in [4.78, 5) is 0. The molecular formula is C15H29N. The first-order valence-electron chi connectivity index (χ1n) is 6.71. The second-order valence-corrected chi connectivity index (χ2v) is 6.80. The minimum atomic E-state index is 0.283. The smallest absolute Gasteiger partial charge is 0.0254 e. The summed E-state index contributed by atoms with van der Waals surface area (Å²) in [5, 5.41) is 0. The molecular weight excluding hydrogens is 194 g/mol. The maximum absolute atomic E-state index is 6.23. The molecule has 1 atom stereocenters. The average Bonchev–Trinajstić information content (AvgIpc) is 2.15. The zero-order chi connectivity index (χ0) is 12.3. The SMILES string of the molecule is CC(C)=CC(N)C1CCC(C(C)(C)C)CC1. The van der Waals surface area contributed by atoms with Crippen molar-refractivity contribution in [2.24, 2.45) is 23.0 Å². The molecule has 0 radical (unpaired) electrons. The third-order valence-electron chi connectivity index (χ3n) is 4.07. The van der Waals surface area contributed by atoms with Gasteiger partial charge in [-0.05, 0) is 56.8 Å². The highest BCUT2D eigenvalue weighted by Crippen LogP contribution is 2.40. The summed E-state index contributed by atoms with van der Waals surface area (Å²) >= 11 is 0. The second-order valence-electron chi connectivity index (χ2n) is 6.80. The van der Waals surface area contributed by atoms with Gasteiger partial charge in [0.15, 0.2) is 0 Å². The van der Waals surface area contributed by atoms with Crippen molar-refractivity contribution in [2.45, 2.75) is 66.3 Å². The van der Waals surface area contributed by atoms with Gasteiger partial charge in [0.1, 0.15) is 0 Å². The number of hydrogen-bond donors (Lipinski definition) is 1. The molecule has 1 nitrogen and oxygen atoms in total. The fraction of sp³-hybridized carbons (Fsp3) is 0.867. The molecule has 94 valence electrons. The summed E-state index contributed by atoms with van der Waals surface area (Å²) in [6, 6.07) is 0.283. The van der Waals surface area contributed by atoms with Gasteiger partial charge >= 0.3 is 0 Å². The van der Waals surface area contributed by atoms with Crippen LogP contribution in [0, 0.1) is 17.3 Å². The molecule has 0 heterocycles. The van der Waals surface area contributed by atoms with E-state index in [0.29, 0.717) is 11.3 Å². The zero-order valence-electron chi connectivity index (χ0n) is 11.7. The lowest BCUT2D eigenvalue weighted by Gasteiger charge is -2.38. The highest BCUT2D eigenvalue weighted by molar-refractivity contribution is 5.02. The molecule has 1 fully saturated rings. The minimum Gasteiger partial charge on any atom is -0.324 e. The van der Waals surface area contributed by atoms with Crippen molar-refractivity contribution in [2.75, 3.05) is 0 Å². The first kappa shape index (κ1) is 13.8. The van der Waals surface area contributed by atoms with E-state index >= 15 is 0 Å². The molecule has 0 aliphatic heterocycles. The quantitative estimate of drug-likeness (QED) is 0.700. The van der Waals surface area contributed by atoms with Gasteiger partial charge in [0.25, 0.3) is 0 Å². The molecule has 1 saturated carbocycles. The van der Waals surface area contributed by atoms with Crippen LogP contribution in [0.2, 0.25) is 0 Å². The van der Waals surface area contributed by atoms with E-state index in [2.05, 4.69) is 40.7 Å². The van der Waals surface area contributed by atoms with Gasteiger partial charge in [-0.15, -0.1) is 0 Å². The molecule has 0 saturated heterocycles. The number of hydrogen-bond acceptors (Lipinski definition) is 1. The van der Waals surface area contributed by atoms with E-state index in [1.54, 1.807) is 0 Å². The molecule has 1 aliphatic rings. The van der Waals surface area contributed by atoms with Crippen molar-refractivity contribution in [3.8, 4) is 0 Å².